The third-order valence-corrected chi connectivity index (χ3v) is 8.40. The predicted octanol–water partition coefficient (Wildman–Crippen LogP) is 3.87. The zero-order valence-electron chi connectivity index (χ0n) is 23.7. The molecule has 2 amide bonds. The van der Waals surface area contributed by atoms with Crippen LogP contribution < -0.4 is 20.4 Å². The van der Waals surface area contributed by atoms with Gasteiger partial charge in [0.05, 0.1) is 29.6 Å². The lowest BCUT2D eigenvalue weighted by Crippen LogP contribution is -2.51. The lowest BCUT2D eigenvalue weighted by atomic mass is 9.90. The molecule has 3 fully saturated rings. The number of para-hydroxylation sites is 1. The van der Waals surface area contributed by atoms with Crippen molar-refractivity contribution in [3.05, 3.63) is 71.4 Å². The highest BCUT2D eigenvalue weighted by molar-refractivity contribution is 6.06. The first-order valence-electron chi connectivity index (χ1n) is 14.5. The maximum absolute atomic E-state index is 13.2. The number of aromatic nitrogens is 1. The minimum atomic E-state index is -1.01. The normalized spacial score (nSPS) is 22.3. The van der Waals surface area contributed by atoms with Gasteiger partial charge >= 0.3 is 0 Å². The number of nitrogens with zero attached hydrogens (tertiary/aromatic N) is 3. The van der Waals surface area contributed by atoms with Crippen LogP contribution in [0.5, 0.6) is 0 Å². The van der Waals surface area contributed by atoms with E-state index in [1.54, 1.807) is 12.1 Å². The molecule has 2 heterocycles. The molecule has 11 heteroatoms. The molecule has 1 aliphatic heterocycles. The number of carbonyl (C=O) groups is 2. The van der Waals surface area contributed by atoms with Crippen LogP contribution in [0, 0.1) is 6.92 Å². The van der Waals surface area contributed by atoms with Gasteiger partial charge in [0.2, 0.25) is 0 Å². The van der Waals surface area contributed by atoms with E-state index >= 15 is 0 Å². The molecule has 224 valence electrons. The Kier molecular flexibility index (Phi) is 9.05. The number of aliphatic hydroxyl groups is 2. The smallest absolute Gasteiger partial charge is 0.277 e. The molecule has 0 bridgehead atoms. The summed E-state index contributed by atoms with van der Waals surface area (Å²) < 4.78 is 5.53. The van der Waals surface area contributed by atoms with Crippen molar-refractivity contribution >= 4 is 41.3 Å². The molecule has 0 spiro atoms. The Balaban J connectivity index is 0.00000353. The van der Waals surface area contributed by atoms with Gasteiger partial charge in [0.15, 0.2) is 11.6 Å². The molecule has 1 aromatic heterocycles. The number of aliphatic hydroxyl groups excluding tert-OH is 2. The lowest BCUT2D eigenvalue weighted by molar-refractivity contribution is -0.0278. The number of nitrogens with one attached hydrogen (secondary N) is 2. The van der Waals surface area contributed by atoms with Gasteiger partial charge in [-0.2, -0.15) is 0 Å². The number of aryl methyl sites for hydroxylation is 1. The molecule has 2 aromatic carbocycles. The number of rotatable bonds is 7. The molecule has 3 atom stereocenters. The molecule has 2 aliphatic carbocycles. The second kappa shape index (κ2) is 12.7. The van der Waals surface area contributed by atoms with Gasteiger partial charge in [-0.15, -0.1) is 12.4 Å². The molecular formula is C31H38ClN5O5. The Morgan fingerprint density at radius 1 is 0.929 bits per heavy atom. The Labute approximate surface area is 251 Å². The van der Waals surface area contributed by atoms with Crippen molar-refractivity contribution in [2.75, 3.05) is 41.3 Å². The van der Waals surface area contributed by atoms with E-state index in [0.29, 0.717) is 30.0 Å². The Bertz CT molecular complexity index is 1420. The number of hydrogen-bond donors (Lipinski definition) is 4. The van der Waals surface area contributed by atoms with E-state index in [0.717, 1.165) is 51.1 Å². The molecule has 1 saturated heterocycles. The summed E-state index contributed by atoms with van der Waals surface area (Å²) in [5.74, 6) is 0.109. The molecule has 0 unspecified atom stereocenters. The van der Waals surface area contributed by atoms with Crippen LogP contribution in [-0.2, 0) is 0 Å². The van der Waals surface area contributed by atoms with Crippen molar-refractivity contribution in [1.29, 1.82) is 0 Å². The number of piperazine rings is 1. The number of amides is 2. The fourth-order valence-corrected chi connectivity index (χ4v) is 5.82. The number of anilines is 3. The number of carbonyl (C=O) groups excluding carboxylic acids is 2. The molecule has 4 N–H and O–H groups in total. The topological polar surface area (TPSA) is 131 Å². The van der Waals surface area contributed by atoms with Crippen LogP contribution in [0.25, 0.3) is 0 Å². The van der Waals surface area contributed by atoms with E-state index in [-0.39, 0.29) is 29.9 Å². The van der Waals surface area contributed by atoms with Crippen molar-refractivity contribution in [2.24, 2.45) is 0 Å². The highest BCUT2D eigenvalue weighted by Crippen LogP contribution is 2.39. The summed E-state index contributed by atoms with van der Waals surface area (Å²) in [4.78, 5) is 35.4. The summed E-state index contributed by atoms with van der Waals surface area (Å²) in [6.45, 7) is 5.23. The number of halogens is 1. The van der Waals surface area contributed by atoms with Crippen molar-refractivity contribution in [1.82, 2.24) is 10.3 Å². The largest absolute Gasteiger partial charge is 0.448 e. The first-order chi connectivity index (χ1) is 19.9. The van der Waals surface area contributed by atoms with Gasteiger partial charge in [0.1, 0.15) is 6.26 Å². The Hall–Kier alpha value is -3.60. The monoisotopic (exact) mass is 595 g/mol. The second-order valence-electron chi connectivity index (χ2n) is 11.4. The van der Waals surface area contributed by atoms with Crippen molar-refractivity contribution < 1.29 is 24.2 Å². The lowest BCUT2D eigenvalue weighted by Gasteiger charge is -2.38. The summed E-state index contributed by atoms with van der Waals surface area (Å²) in [6, 6.07) is 13.1. The summed E-state index contributed by atoms with van der Waals surface area (Å²) in [7, 11) is 0. The minimum absolute atomic E-state index is 0. The molecule has 6 rings (SSSR count). The number of oxazole rings is 1. The third kappa shape index (κ3) is 6.40. The average Bonchev–Trinajstić information content (AvgIpc) is 3.71. The standard InChI is InChI=1S/C31H37N5O5.ClH/c1-19-5-2-3-7-25(19)35-13-15-36(16-14-35)26-12-11-21(29(39)32-22-6-4-8-27(37)28(22)38)17-23(26)33-30(40)24-18-41-31(34-24)20-9-10-20;/h2-3,5,7,11-12,17-18,20,22,27-28,37-38H,4,6,8-10,13-16H2,1H3,(H,32,39)(H,33,40);1H/t22-,27-,28+;/m1./s1. The summed E-state index contributed by atoms with van der Waals surface area (Å²) >= 11 is 0. The first-order valence-corrected chi connectivity index (χ1v) is 14.5. The number of hydrogen-bond acceptors (Lipinski definition) is 8. The van der Waals surface area contributed by atoms with Crippen LogP contribution in [0.3, 0.4) is 0 Å². The van der Waals surface area contributed by atoms with Crippen LogP contribution in [0.1, 0.15) is 70.3 Å². The maximum Gasteiger partial charge on any atom is 0.277 e. The van der Waals surface area contributed by atoms with Gasteiger partial charge in [0.25, 0.3) is 11.8 Å². The van der Waals surface area contributed by atoms with E-state index < -0.39 is 24.2 Å². The third-order valence-electron chi connectivity index (χ3n) is 8.40. The Morgan fingerprint density at radius 3 is 2.36 bits per heavy atom. The maximum atomic E-state index is 13.2. The fraction of sp³-hybridized carbons (Fsp3) is 0.452. The molecule has 0 radical (unpaired) electrons. The van der Waals surface area contributed by atoms with Crippen molar-refractivity contribution in [2.45, 2.75) is 63.2 Å². The average molecular weight is 596 g/mol. The quantitative estimate of drug-likeness (QED) is 0.324. The number of benzene rings is 2. The van der Waals surface area contributed by atoms with E-state index in [4.69, 9.17) is 4.42 Å². The van der Waals surface area contributed by atoms with Crippen molar-refractivity contribution in [3.8, 4) is 0 Å². The summed E-state index contributed by atoms with van der Waals surface area (Å²) in [5, 5.41) is 26.3. The van der Waals surface area contributed by atoms with Crippen LogP contribution in [0.2, 0.25) is 0 Å². The SMILES string of the molecule is Cc1ccccc1N1CCN(c2ccc(C(=O)N[C@@H]3CCC[C@@H](O)[C@H]3O)cc2NC(=O)c2coc(C3CC3)n2)CC1.Cl. The highest BCUT2D eigenvalue weighted by atomic mass is 35.5. The Morgan fingerprint density at radius 2 is 1.64 bits per heavy atom. The zero-order valence-corrected chi connectivity index (χ0v) is 24.5. The van der Waals surface area contributed by atoms with Gasteiger partial charge in [-0.05, 0) is 68.9 Å². The minimum Gasteiger partial charge on any atom is -0.448 e. The molecule has 3 aliphatic rings. The highest BCUT2D eigenvalue weighted by Gasteiger charge is 2.32. The van der Waals surface area contributed by atoms with Gasteiger partial charge in [-0.25, -0.2) is 4.98 Å². The van der Waals surface area contributed by atoms with Crippen LogP contribution in [0.4, 0.5) is 17.1 Å². The zero-order chi connectivity index (χ0) is 28.5. The van der Waals surface area contributed by atoms with Gasteiger partial charge in [-0.1, -0.05) is 18.2 Å². The van der Waals surface area contributed by atoms with Crippen molar-refractivity contribution in [3.63, 3.8) is 0 Å². The fourth-order valence-electron chi connectivity index (χ4n) is 5.82. The van der Waals surface area contributed by atoms with E-state index in [1.807, 2.05) is 12.1 Å². The van der Waals surface area contributed by atoms with Gasteiger partial charge < -0.3 is 35.1 Å². The summed E-state index contributed by atoms with van der Waals surface area (Å²) in [6.07, 6.45) is 3.38. The van der Waals surface area contributed by atoms with E-state index in [1.165, 1.54) is 17.5 Å². The van der Waals surface area contributed by atoms with Gasteiger partial charge in [0, 0.05) is 43.3 Å². The molecular weight excluding hydrogens is 558 g/mol. The molecule has 2 saturated carbocycles. The molecule has 42 heavy (non-hydrogen) atoms. The van der Waals surface area contributed by atoms with E-state index in [2.05, 4.69) is 50.5 Å². The summed E-state index contributed by atoms with van der Waals surface area (Å²) in [5.41, 5.74) is 4.34. The van der Waals surface area contributed by atoms with Crippen LogP contribution in [0.15, 0.2) is 53.1 Å². The van der Waals surface area contributed by atoms with Crippen LogP contribution in [-0.4, -0.2) is 71.4 Å². The van der Waals surface area contributed by atoms with Gasteiger partial charge in [-0.3, -0.25) is 9.59 Å². The molecule has 3 aromatic rings. The molecule has 10 nitrogen and oxygen atoms in total. The van der Waals surface area contributed by atoms with E-state index in [9.17, 15) is 19.8 Å². The second-order valence-corrected chi connectivity index (χ2v) is 11.4. The van der Waals surface area contributed by atoms with Crippen LogP contribution >= 0.6 is 12.4 Å². The first kappa shape index (κ1) is 29.9. The predicted molar refractivity (Wildman–Crippen MR) is 163 cm³/mol.